The second-order valence-electron chi connectivity index (χ2n) is 2.93. The highest BCUT2D eigenvalue weighted by Crippen LogP contribution is 2.17. The van der Waals surface area contributed by atoms with E-state index in [4.69, 9.17) is 0 Å². The molecule has 0 saturated heterocycles. The maximum atomic E-state index is 10.9. The molecule has 0 amide bonds. The first-order valence-electron chi connectivity index (χ1n) is 3.98. The van der Waals surface area contributed by atoms with Gasteiger partial charge in [-0.2, -0.15) is 0 Å². The zero-order valence-corrected chi connectivity index (χ0v) is 6.47. The first kappa shape index (κ1) is 7.52. The molecule has 1 unspecified atom stereocenters. The molecule has 1 atom stereocenters. The van der Waals surface area contributed by atoms with Gasteiger partial charge in [0.15, 0.2) is 0 Å². The van der Waals surface area contributed by atoms with E-state index in [1.165, 1.54) is 12.8 Å². The summed E-state index contributed by atoms with van der Waals surface area (Å²) in [4.78, 5) is 10.9. The Morgan fingerprint density at radius 3 is 3.00 bits per heavy atom. The summed E-state index contributed by atoms with van der Waals surface area (Å²) in [7, 11) is 0. The van der Waals surface area contributed by atoms with Crippen LogP contribution in [0, 0.1) is 5.92 Å². The molecule has 0 aromatic rings. The summed E-state index contributed by atoms with van der Waals surface area (Å²) in [5, 5.41) is 0. The van der Waals surface area contributed by atoms with Crippen LogP contribution in [0.15, 0.2) is 12.2 Å². The van der Waals surface area contributed by atoms with E-state index in [0.717, 1.165) is 12.8 Å². The van der Waals surface area contributed by atoms with Gasteiger partial charge in [0, 0.05) is 5.92 Å². The minimum atomic E-state index is 0.225. The number of hydrogen-bond donors (Lipinski definition) is 0. The van der Waals surface area contributed by atoms with Gasteiger partial charge < -0.3 is 0 Å². The van der Waals surface area contributed by atoms with Crippen LogP contribution in [0.2, 0.25) is 0 Å². The van der Waals surface area contributed by atoms with Crippen molar-refractivity contribution >= 4 is 5.78 Å². The van der Waals surface area contributed by atoms with E-state index >= 15 is 0 Å². The Bertz CT molecular complexity index is 147. The van der Waals surface area contributed by atoms with Crippen LogP contribution in [-0.2, 0) is 4.79 Å². The Morgan fingerprint density at radius 2 is 2.30 bits per heavy atom. The van der Waals surface area contributed by atoms with Gasteiger partial charge in [-0.3, -0.25) is 4.79 Å². The molecule has 0 fully saturated rings. The predicted molar refractivity (Wildman–Crippen MR) is 41.8 cm³/mol. The van der Waals surface area contributed by atoms with Gasteiger partial charge in [0.1, 0.15) is 5.78 Å². The monoisotopic (exact) mass is 138 g/mol. The minimum absolute atomic E-state index is 0.225. The van der Waals surface area contributed by atoms with Crippen molar-refractivity contribution in [2.45, 2.75) is 32.6 Å². The highest BCUT2D eigenvalue weighted by Gasteiger charge is 2.10. The lowest BCUT2D eigenvalue weighted by atomic mass is 10.0. The lowest BCUT2D eigenvalue weighted by molar-refractivity contribution is -0.119. The molecule has 0 aliphatic heterocycles. The Kier molecular flexibility index (Phi) is 2.67. The molecular weight excluding hydrogens is 124 g/mol. The summed E-state index contributed by atoms with van der Waals surface area (Å²) in [6.07, 6.45) is 8.88. The van der Waals surface area contributed by atoms with E-state index < -0.39 is 0 Å². The van der Waals surface area contributed by atoms with Crippen molar-refractivity contribution in [3.8, 4) is 0 Å². The fraction of sp³-hybridized carbons (Fsp3) is 0.667. The van der Waals surface area contributed by atoms with Gasteiger partial charge in [0.2, 0.25) is 0 Å². The minimum Gasteiger partial charge on any atom is -0.299 e. The average Bonchev–Trinajstić information content (AvgIpc) is 2.12. The van der Waals surface area contributed by atoms with Gasteiger partial charge in [-0.1, -0.05) is 18.6 Å². The summed E-state index contributed by atoms with van der Waals surface area (Å²) in [5.74, 6) is 0.542. The molecule has 0 heterocycles. The van der Waals surface area contributed by atoms with Crippen LogP contribution in [0.5, 0.6) is 0 Å². The van der Waals surface area contributed by atoms with E-state index in [0.29, 0.717) is 5.78 Å². The third-order valence-corrected chi connectivity index (χ3v) is 2.03. The fourth-order valence-corrected chi connectivity index (χ4v) is 1.32. The molecule has 0 bridgehead atoms. The van der Waals surface area contributed by atoms with Crippen molar-refractivity contribution in [1.29, 1.82) is 0 Å². The van der Waals surface area contributed by atoms with Gasteiger partial charge in [-0.25, -0.2) is 0 Å². The second kappa shape index (κ2) is 3.55. The molecule has 1 heteroatoms. The smallest absolute Gasteiger partial charge is 0.136 e. The molecular formula is C9H14O. The third kappa shape index (κ3) is 1.98. The maximum absolute atomic E-state index is 10.9. The quantitative estimate of drug-likeness (QED) is 0.508. The molecule has 1 aliphatic rings. The first-order chi connectivity index (χ1) is 4.80. The summed E-state index contributed by atoms with van der Waals surface area (Å²) >= 11 is 0. The van der Waals surface area contributed by atoms with E-state index in [1.807, 2.05) is 0 Å². The Morgan fingerprint density at radius 1 is 1.50 bits per heavy atom. The van der Waals surface area contributed by atoms with Crippen LogP contribution in [0.25, 0.3) is 0 Å². The maximum Gasteiger partial charge on any atom is 0.136 e. The fourth-order valence-electron chi connectivity index (χ4n) is 1.32. The third-order valence-electron chi connectivity index (χ3n) is 2.03. The summed E-state index contributed by atoms with van der Waals surface area (Å²) in [5.41, 5.74) is 0. The van der Waals surface area contributed by atoms with Crippen molar-refractivity contribution in [1.82, 2.24) is 0 Å². The van der Waals surface area contributed by atoms with Gasteiger partial charge in [0.25, 0.3) is 0 Å². The standard InChI is InChI=1S/C9H14O/c1-8(10)9-6-4-2-3-5-7-9/h4,6,9H,2-3,5,7H2,1H3. The summed E-state index contributed by atoms with van der Waals surface area (Å²) < 4.78 is 0. The zero-order chi connectivity index (χ0) is 7.40. The molecule has 0 radical (unpaired) electrons. The molecule has 0 spiro atoms. The molecule has 56 valence electrons. The van der Waals surface area contributed by atoms with Crippen molar-refractivity contribution in [2.75, 3.05) is 0 Å². The van der Waals surface area contributed by atoms with Crippen molar-refractivity contribution in [3.05, 3.63) is 12.2 Å². The number of Topliss-reactive ketones (excluding diaryl/α,β-unsaturated/α-hetero) is 1. The molecule has 0 aromatic heterocycles. The number of hydrogen-bond acceptors (Lipinski definition) is 1. The van der Waals surface area contributed by atoms with Crippen LogP contribution in [0.4, 0.5) is 0 Å². The molecule has 1 nitrogen and oxygen atoms in total. The van der Waals surface area contributed by atoms with Crippen molar-refractivity contribution in [3.63, 3.8) is 0 Å². The second-order valence-corrected chi connectivity index (χ2v) is 2.93. The van der Waals surface area contributed by atoms with Gasteiger partial charge >= 0.3 is 0 Å². The van der Waals surface area contributed by atoms with E-state index in [9.17, 15) is 4.79 Å². The van der Waals surface area contributed by atoms with E-state index in [1.54, 1.807) is 6.92 Å². The Balaban J connectivity index is 2.49. The first-order valence-corrected chi connectivity index (χ1v) is 3.98. The Labute approximate surface area is 62.1 Å². The van der Waals surface area contributed by atoms with Crippen LogP contribution in [0.3, 0.4) is 0 Å². The van der Waals surface area contributed by atoms with Crippen LogP contribution in [0.1, 0.15) is 32.6 Å². The largest absolute Gasteiger partial charge is 0.299 e. The molecule has 0 N–H and O–H groups in total. The van der Waals surface area contributed by atoms with Gasteiger partial charge in [-0.05, 0) is 26.2 Å². The van der Waals surface area contributed by atoms with Gasteiger partial charge in [-0.15, -0.1) is 0 Å². The Hall–Kier alpha value is -0.590. The molecule has 1 rings (SSSR count). The number of carbonyl (C=O) groups is 1. The van der Waals surface area contributed by atoms with Crippen LogP contribution < -0.4 is 0 Å². The SMILES string of the molecule is CC(=O)C1C=CCCCC1. The van der Waals surface area contributed by atoms with Crippen molar-refractivity contribution < 1.29 is 4.79 Å². The van der Waals surface area contributed by atoms with E-state index in [-0.39, 0.29) is 5.92 Å². The predicted octanol–water partition coefficient (Wildman–Crippen LogP) is 2.32. The van der Waals surface area contributed by atoms with Crippen LogP contribution >= 0.6 is 0 Å². The molecule has 0 aromatic carbocycles. The normalized spacial score (nSPS) is 25.9. The lowest BCUT2D eigenvalue weighted by Crippen LogP contribution is -2.06. The topological polar surface area (TPSA) is 17.1 Å². The summed E-state index contributed by atoms with van der Waals surface area (Å²) in [6, 6.07) is 0. The van der Waals surface area contributed by atoms with Crippen LogP contribution in [-0.4, -0.2) is 5.78 Å². The molecule has 1 aliphatic carbocycles. The average molecular weight is 138 g/mol. The van der Waals surface area contributed by atoms with E-state index in [2.05, 4.69) is 12.2 Å². The molecule has 10 heavy (non-hydrogen) atoms. The highest BCUT2D eigenvalue weighted by molar-refractivity contribution is 5.80. The number of allylic oxidation sites excluding steroid dienone is 2. The zero-order valence-electron chi connectivity index (χ0n) is 6.47. The van der Waals surface area contributed by atoms with Gasteiger partial charge in [0.05, 0.1) is 0 Å². The summed E-state index contributed by atoms with van der Waals surface area (Å²) in [6.45, 7) is 1.68. The number of carbonyl (C=O) groups excluding carboxylic acids is 1. The van der Waals surface area contributed by atoms with Crippen molar-refractivity contribution in [2.24, 2.45) is 5.92 Å². The molecule has 0 saturated carbocycles. The highest BCUT2D eigenvalue weighted by atomic mass is 16.1. The lowest BCUT2D eigenvalue weighted by Gasteiger charge is -2.03. The number of rotatable bonds is 1. The number of ketones is 1.